The van der Waals surface area contributed by atoms with E-state index < -0.39 is 5.60 Å². The van der Waals surface area contributed by atoms with Crippen molar-refractivity contribution < 1.29 is 14.3 Å². The zero-order valence-corrected chi connectivity index (χ0v) is 14.5. The summed E-state index contributed by atoms with van der Waals surface area (Å²) in [4.78, 5) is 17.3. The van der Waals surface area contributed by atoms with Crippen LogP contribution in [0.15, 0.2) is 30.5 Å². The molecular weight excluding hydrogens is 304 g/mol. The van der Waals surface area contributed by atoms with Crippen LogP contribution in [-0.2, 0) is 9.53 Å². The number of nitrogens with one attached hydrogen (secondary N) is 1. The highest BCUT2D eigenvalue weighted by Crippen LogP contribution is 2.43. The van der Waals surface area contributed by atoms with Crippen molar-refractivity contribution >= 4 is 22.5 Å². The molecule has 1 aliphatic carbocycles. The topological polar surface area (TPSA) is 60.5 Å². The minimum absolute atomic E-state index is 0.0891. The van der Waals surface area contributed by atoms with Crippen LogP contribution in [0.5, 0.6) is 5.75 Å². The zero-order valence-electron chi connectivity index (χ0n) is 14.5. The number of amides is 1. The molecule has 1 saturated carbocycles. The van der Waals surface area contributed by atoms with E-state index in [4.69, 9.17) is 9.47 Å². The summed E-state index contributed by atoms with van der Waals surface area (Å²) in [6.45, 7) is 4.54. The maximum atomic E-state index is 12.9. The lowest BCUT2D eigenvalue weighted by atomic mass is 9.98. The highest BCUT2D eigenvalue weighted by Gasteiger charge is 2.48. The molecule has 1 heterocycles. The standard InChI is InChI=1S/C19H24N2O3/c1-4-12-24-19(2,13-7-8-13)18(22)21-15-9-10-16(23-3)17-14(15)6-5-11-20-17/h5-6,9-11,13H,4,7-8,12H2,1-3H3,(H,21,22)/t19-/m1/s1. The molecule has 0 spiro atoms. The van der Waals surface area contributed by atoms with Crippen LogP contribution < -0.4 is 10.1 Å². The van der Waals surface area contributed by atoms with E-state index >= 15 is 0 Å². The molecule has 5 heteroatoms. The van der Waals surface area contributed by atoms with Crippen LogP contribution in [0, 0.1) is 5.92 Å². The Labute approximate surface area is 142 Å². The number of methoxy groups -OCH3 is 1. The van der Waals surface area contributed by atoms with Crippen molar-refractivity contribution in [2.45, 2.75) is 38.7 Å². The van der Waals surface area contributed by atoms with Crippen molar-refractivity contribution in [1.82, 2.24) is 4.98 Å². The van der Waals surface area contributed by atoms with Gasteiger partial charge in [-0.25, -0.2) is 0 Å². The average Bonchev–Trinajstić information content (AvgIpc) is 3.45. The van der Waals surface area contributed by atoms with E-state index in [-0.39, 0.29) is 5.91 Å². The van der Waals surface area contributed by atoms with Crippen LogP contribution in [0.25, 0.3) is 10.9 Å². The highest BCUT2D eigenvalue weighted by atomic mass is 16.5. The number of anilines is 1. The summed E-state index contributed by atoms with van der Waals surface area (Å²) in [5.41, 5.74) is 0.695. The van der Waals surface area contributed by atoms with Crippen LogP contribution in [-0.4, -0.2) is 30.2 Å². The summed E-state index contributed by atoms with van der Waals surface area (Å²) in [5, 5.41) is 3.91. The molecule has 1 fully saturated rings. The predicted molar refractivity (Wildman–Crippen MR) is 94.3 cm³/mol. The van der Waals surface area contributed by atoms with E-state index in [0.717, 1.165) is 35.9 Å². The SMILES string of the molecule is CCCO[C@@](C)(C(=O)Nc1ccc(OC)c2ncccc12)C1CC1. The van der Waals surface area contributed by atoms with E-state index in [1.165, 1.54) is 0 Å². The van der Waals surface area contributed by atoms with Crippen molar-refractivity contribution in [3.8, 4) is 5.75 Å². The third-order valence-electron chi connectivity index (χ3n) is 4.61. The lowest BCUT2D eigenvalue weighted by Gasteiger charge is -2.29. The fourth-order valence-electron chi connectivity index (χ4n) is 2.98. The van der Waals surface area contributed by atoms with Gasteiger partial charge in [-0.2, -0.15) is 0 Å². The summed E-state index contributed by atoms with van der Waals surface area (Å²) in [6.07, 6.45) is 4.69. The first-order valence-corrected chi connectivity index (χ1v) is 8.47. The molecule has 1 amide bonds. The molecule has 1 aliphatic rings. The van der Waals surface area contributed by atoms with Gasteiger partial charge in [-0.05, 0) is 56.4 Å². The number of carbonyl (C=O) groups excluding carboxylic acids is 1. The van der Waals surface area contributed by atoms with Gasteiger partial charge in [-0.15, -0.1) is 0 Å². The van der Waals surface area contributed by atoms with Crippen LogP contribution >= 0.6 is 0 Å². The molecule has 0 unspecified atom stereocenters. The molecule has 1 atom stereocenters. The Morgan fingerprint density at radius 1 is 1.38 bits per heavy atom. The molecule has 0 aliphatic heterocycles. The van der Waals surface area contributed by atoms with Crippen LogP contribution in [0.1, 0.15) is 33.1 Å². The van der Waals surface area contributed by atoms with Gasteiger partial charge in [-0.1, -0.05) is 6.92 Å². The Hall–Kier alpha value is -2.14. The van der Waals surface area contributed by atoms with Gasteiger partial charge in [0.15, 0.2) is 0 Å². The summed E-state index contributed by atoms with van der Waals surface area (Å²) in [7, 11) is 1.62. The van der Waals surface area contributed by atoms with Crippen LogP contribution in [0.2, 0.25) is 0 Å². The first-order chi connectivity index (χ1) is 11.6. The van der Waals surface area contributed by atoms with Gasteiger partial charge in [0.2, 0.25) is 0 Å². The number of carbonyl (C=O) groups is 1. The smallest absolute Gasteiger partial charge is 0.256 e. The molecule has 128 valence electrons. The Kier molecular flexibility index (Phi) is 4.71. The number of ether oxygens (including phenoxy) is 2. The normalized spacial score (nSPS) is 16.6. The molecule has 1 N–H and O–H groups in total. The molecule has 24 heavy (non-hydrogen) atoms. The largest absolute Gasteiger partial charge is 0.494 e. The second kappa shape index (κ2) is 6.77. The molecule has 0 radical (unpaired) electrons. The monoisotopic (exact) mass is 328 g/mol. The average molecular weight is 328 g/mol. The Morgan fingerprint density at radius 3 is 2.83 bits per heavy atom. The van der Waals surface area contributed by atoms with E-state index in [0.29, 0.717) is 18.3 Å². The third kappa shape index (κ3) is 3.08. The maximum Gasteiger partial charge on any atom is 0.256 e. The first-order valence-electron chi connectivity index (χ1n) is 8.47. The number of hydrogen-bond donors (Lipinski definition) is 1. The van der Waals surface area contributed by atoms with Crippen molar-refractivity contribution in [3.05, 3.63) is 30.5 Å². The molecular formula is C19H24N2O3. The van der Waals surface area contributed by atoms with Crippen molar-refractivity contribution in [2.24, 2.45) is 5.92 Å². The van der Waals surface area contributed by atoms with Crippen molar-refractivity contribution in [2.75, 3.05) is 19.0 Å². The van der Waals surface area contributed by atoms with E-state index in [2.05, 4.69) is 10.3 Å². The number of benzene rings is 1. The van der Waals surface area contributed by atoms with Gasteiger partial charge in [0.1, 0.15) is 16.9 Å². The summed E-state index contributed by atoms with van der Waals surface area (Å²) >= 11 is 0. The Bertz CT molecular complexity index is 742. The lowest BCUT2D eigenvalue weighted by Crippen LogP contribution is -2.45. The minimum atomic E-state index is -0.773. The van der Waals surface area contributed by atoms with Gasteiger partial charge in [0.05, 0.1) is 12.8 Å². The Morgan fingerprint density at radius 2 is 2.17 bits per heavy atom. The van der Waals surface area contributed by atoms with Gasteiger partial charge < -0.3 is 14.8 Å². The quantitative estimate of drug-likeness (QED) is 0.840. The van der Waals surface area contributed by atoms with Crippen LogP contribution in [0.4, 0.5) is 5.69 Å². The lowest BCUT2D eigenvalue weighted by molar-refractivity contribution is -0.142. The third-order valence-corrected chi connectivity index (χ3v) is 4.61. The molecule has 3 rings (SSSR count). The number of nitrogens with zero attached hydrogens (tertiary/aromatic N) is 1. The molecule has 5 nitrogen and oxygen atoms in total. The van der Waals surface area contributed by atoms with Gasteiger partial charge in [-0.3, -0.25) is 9.78 Å². The van der Waals surface area contributed by atoms with Gasteiger partial charge >= 0.3 is 0 Å². The molecule has 1 aromatic heterocycles. The number of hydrogen-bond acceptors (Lipinski definition) is 4. The van der Waals surface area contributed by atoms with E-state index in [1.54, 1.807) is 13.3 Å². The molecule has 2 aromatic rings. The Balaban J connectivity index is 1.90. The second-order valence-electron chi connectivity index (χ2n) is 6.40. The predicted octanol–water partition coefficient (Wildman–Crippen LogP) is 3.78. The first kappa shape index (κ1) is 16.7. The number of pyridine rings is 1. The second-order valence-corrected chi connectivity index (χ2v) is 6.40. The fourth-order valence-corrected chi connectivity index (χ4v) is 2.98. The van der Waals surface area contributed by atoms with Crippen LogP contribution in [0.3, 0.4) is 0 Å². The summed E-state index contributed by atoms with van der Waals surface area (Å²) < 4.78 is 11.3. The van der Waals surface area contributed by atoms with E-state index in [9.17, 15) is 4.79 Å². The minimum Gasteiger partial charge on any atom is -0.494 e. The summed E-state index contributed by atoms with van der Waals surface area (Å²) in [6, 6.07) is 7.47. The van der Waals surface area contributed by atoms with Gasteiger partial charge in [0, 0.05) is 18.2 Å². The van der Waals surface area contributed by atoms with E-state index in [1.807, 2.05) is 38.1 Å². The maximum absolute atomic E-state index is 12.9. The van der Waals surface area contributed by atoms with Crippen molar-refractivity contribution in [1.29, 1.82) is 0 Å². The fraction of sp³-hybridized carbons (Fsp3) is 0.474. The van der Waals surface area contributed by atoms with Crippen molar-refractivity contribution in [3.63, 3.8) is 0 Å². The highest BCUT2D eigenvalue weighted by molar-refractivity contribution is 6.05. The molecule has 0 bridgehead atoms. The molecule has 1 aromatic carbocycles. The number of rotatable bonds is 7. The van der Waals surface area contributed by atoms with Gasteiger partial charge in [0.25, 0.3) is 5.91 Å². The number of fused-ring (bicyclic) bond motifs is 1. The number of aromatic nitrogens is 1. The molecule has 0 saturated heterocycles. The zero-order chi connectivity index (χ0) is 17.2. The summed E-state index contributed by atoms with van der Waals surface area (Å²) in [5.74, 6) is 0.899.